The van der Waals surface area contributed by atoms with Crippen LogP contribution in [0.15, 0.2) is 24.3 Å². The largest absolute Gasteiger partial charge is 0.374 e. The summed E-state index contributed by atoms with van der Waals surface area (Å²) in [4.78, 5) is 0. The van der Waals surface area contributed by atoms with E-state index in [0.717, 1.165) is 30.1 Å². The van der Waals surface area contributed by atoms with Crippen LogP contribution < -0.4 is 5.32 Å². The van der Waals surface area contributed by atoms with Gasteiger partial charge in [-0.05, 0) is 31.4 Å². The lowest BCUT2D eigenvalue weighted by molar-refractivity contribution is 0.0559. The highest BCUT2D eigenvalue weighted by atomic mass is 35.5. The first-order valence-electron chi connectivity index (χ1n) is 5.85. The second kappa shape index (κ2) is 5.67. The van der Waals surface area contributed by atoms with Gasteiger partial charge in [-0.2, -0.15) is 0 Å². The summed E-state index contributed by atoms with van der Waals surface area (Å²) in [5, 5.41) is 4.22. The van der Waals surface area contributed by atoms with E-state index < -0.39 is 0 Å². The van der Waals surface area contributed by atoms with Crippen LogP contribution in [-0.4, -0.2) is 18.8 Å². The van der Waals surface area contributed by atoms with Crippen molar-refractivity contribution in [1.82, 2.24) is 5.32 Å². The van der Waals surface area contributed by atoms with Crippen molar-refractivity contribution in [3.8, 4) is 0 Å². The molecule has 0 saturated carbocycles. The molecule has 3 heteroatoms. The Morgan fingerprint density at radius 1 is 1.38 bits per heavy atom. The van der Waals surface area contributed by atoms with Gasteiger partial charge >= 0.3 is 0 Å². The second-order valence-corrected chi connectivity index (χ2v) is 4.78. The molecule has 1 heterocycles. The minimum absolute atomic E-state index is 0.373. The Kier molecular flexibility index (Phi) is 4.22. The summed E-state index contributed by atoms with van der Waals surface area (Å²) >= 11 is 6.07. The van der Waals surface area contributed by atoms with E-state index in [1.54, 1.807) is 0 Å². The number of hydrogen-bond donors (Lipinski definition) is 1. The van der Waals surface area contributed by atoms with Gasteiger partial charge < -0.3 is 10.1 Å². The van der Waals surface area contributed by atoms with Crippen LogP contribution in [0.4, 0.5) is 0 Å². The second-order valence-electron chi connectivity index (χ2n) is 4.37. The molecular weight excluding hydrogens is 222 g/mol. The Labute approximate surface area is 102 Å². The summed E-state index contributed by atoms with van der Waals surface area (Å²) in [6.07, 6.45) is 3.14. The standard InChI is InChI=1S/C13H18ClNO/c1-10-6-7-12(16-10)9-15-8-11-4-2-3-5-13(11)14/h2-5,10,12,15H,6-9H2,1H3. The van der Waals surface area contributed by atoms with Crippen LogP contribution in [-0.2, 0) is 11.3 Å². The molecule has 1 aromatic carbocycles. The zero-order chi connectivity index (χ0) is 11.4. The lowest BCUT2D eigenvalue weighted by Crippen LogP contribution is -2.26. The Morgan fingerprint density at radius 3 is 2.88 bits per heavy atom. The maximum Gasteiger partial charge on any atom is 0.0704 e. The maximum absolute atomic E-state index is 6.07. The first-order chi connectivity index (χ1) is 7.75. The highest BCUT2D eigenvalue weighted by molar-refractivity contribution is 6.31. The number of halogens is 1. The molecule has 0 radical (unpaired) electrons. The van der Waals surface area contributed by atoms with E-state index in [0.29, 0.717) is 12.2 Å². The van der Waals surface area contributed by atoms with E-state index in [1.807, 2.05) is 24.3 Å². The summed E-state index contributed by atoms with van der Waals surface area (Å²) < 4.78 is 5.73. The molecule has 1 fully saturated rings. The molecule has 1 aliphatic heterocycles. The zero-order valence-electron chi connectivity index (χ0n) is 9.58. The molecule has 2 nitrogen and oxygen atoms in total. The lowest BCUT2D eigenvalue weighted by atomic mass is 10.2. The quantitative estimate of drug-likeness (QED) is 0.872. The highest BCUT2D eigenvalue weighted by Gasteiger charge is 2.20. The van der Waals surface area contributed by atoms with Gasteiger partial charge in [0, 0.05) is 18.1 Å². The fraction of sp³-hybridized carbons (Fsp3) is 0.538. The van der Waals surface area contributed by atoms with Gasteiger partial charge in [0.05, 0.1) is 12.2 Å². The minimum atomic E-state index is 0.373. The molecule has 0 aliphatic carbocycles. The normalized spacial score (nSPS) is 24.9. The zero-order valence-corrected chi connectivity index (χ0v) is 10.3. The molecule has 2 atom stereocenters. The molecule has 2 unspecified atom stereocenters. The molecule has 0 amide bonds. The van der Waals surface area contributed by atoms with Gasteiger partial charge in [-0.3, -0.25) is 0 Å². The third-order valence-electron chi connectivity index (χ3n) is 2.97. The van der Waals surface area contributed by atoms with Crippen LogP contribution in [0.3, 0.4) is 0 Å². The van der Waals surface area contributed by atoms with E-state index in [2.05, 4.69) is 12.2 Å². The fourth-order valence-electron chi connectivity index (χ4n) is 2.04. The van der Waals surface area contributed by atoms with Gasteiger partial charge in [-0.15, -0.1) is 0 Å². The molecule has 0 aromatic heterocycles. The van der Waals surface area contributed by atoms with E-state index in [4.69, 9.17) is 16.3 Å². The van der Waals surface area contributed by atoms with E-state index in [1.165, 1.54) is 6.42 Å². The number of nitrogens with one attached hydrogen (secondary N) is 1. The third-order valence-corrected chi connectivity index (χ3v) is 3.33. The fourth-order valence-corrected chi connectivity index (χ4v) is 2.25. The number of hydrogen-bond acceptors (Lipinski definition) is 2. The van der Waals surface area contributed by atoms with Gasteiger partial charge in [-0.25, -0.2) is 0 Å². The van der Waals surface area contributed by atoms with Crippen molar-refractivity contribution in [2.75, 3.05) is 6.54 Å². The Bertz CT molecular complexity index is 342. The number of rotatable bonds is 4. The Balaban J connectivity index is 1.74. The maximum atomic E-state index is 6.07. The SMILES string of the molecule is CC1CCC(CNCc2ccccc2Cl)O1. The van der Waals surface area contributed by atoms with Gasteiger partial charge in [0.25, 0.3) is 0 Å². The molecule has 1 aromatic rings. The summed E-state index contributed by atoms with van der Waals surface area (Å²) in [6, 6.07) is 7.94. The lowest BCUT2D eigenvalue weighted by Gasteiger charge is -2.12. The van der Waals surface area contributed by atoms with E-state index >= 15 is 0 Å². The Hall–Kier alpha value is -0.570. The topological polar surface area (TPSA) is 21.3 Å². The molecule has 1 aliphatic rings. The summed E-state index contributed by atoms with van der Waals surface area (Å²) in [7, 11) is 0. The van der Waals surface area contributed by atoms with Gasteiger partial charge in [0.2, 0.25) is 0 Å². The first kappa shape index (κ1) is 11.9. The molecule has 1 saturated heterocycles. The van der Waals surface area contributed by atoms with Crippen molar-refractivity contribution in [3.05, 3.63) is 34.9 Å². The first-order valence-corrected chi connectivity index (χ1v) is 6.23. The van der Waals surface area contributed by atoms with E-state index in [-0.39, 0.29) is 0 Å². The van der Waals surface area contributed by atoms with Crippen molar-refractivity contribution in [1.29, 1.82) is 0 Å². The van der Waals surface area contributed by atoms with E-state index in [9.17, 15) is 0 Å². The van der Waals surface area contributed by atoms with Crippen molar-refractivity contribution in [3.63, 3.8) is 0 Å². The monoisotopic (exact) mass is 239 g/mol. The molecule has 16 heavy (non-hydrogen) atoms. The van der Waals surface area contributed by atoms with Crippen molar-refractivity contribution in [2.45, 2.75) is 38.5 Å². The van der Waals surface area contributed by atoms with Crippen LogP contribution >= 0.6 is 11.6 Å². The number of benzene rings is 1. The number of ether oxygens (including phenoxy) is 1. The van der Waals surface area contributed by atoms with Crippen molar-refractivity contribution >= 4 is 11.6 Å². The van der Waals surface area contributed by atoms with Crippen LogP contribution in [0.1, 0.15) is 25.3 Å². The predicted molar refractivity (Wildman–Crippen MR) is 66.7 cm³/mol. The summed E-state index contributed by atoms with van der Waals surface area (Å²) in [5.41, 5.74) is 1.15. The summed E-state index contributed by atoms with van der Waals surface area (Å²) in [6.45, 7) is 3.86. The van der Waals surface area contributed by atoms with Gasteiger partial charge in [0.15, 0.2) is 0 Å². The average molecular weight is 240 g/mol. The molecular formula is C13H18ClNO. The van der Waals surface area contributed by atoms with Crippen LogP contribution in [0.2, 0.25) is 5.02 Å². The van der Waals surface area contributed by atoms with Gasteiger partial charge in [-0.1, -0.05) is 29.8 Å². The molecule has 0 spiro atoms. The molecule has 2 rings (SSSR count). The summed E-state index contributed by atoms with van der Waals surface area (Å²) in [5.74, 6) is 0. The molecule has 1 N–H and O–H groups in total. The smallest absolute Gasteiger partial charge is 0.0704 e. The highest BCUT2D eigenvalue weighted by Crippen LogP contribution is 2.19. The van der Waals surface area contributed by atoms with Crippen LogP contribution in [0.25, 0.3) is 0 Å². The van der Waals surface area contributed by atoms with Crippen LogP contribution in [0.5, 0.6) is 0 Å². The average Bonchev–Trinajstić information content (AvgIpc) is 2.67. The third kappa shape index (κ3) is 3.21. The molecule has 0 bridgehead atoms. The van der Waals surface area contributed by atoms with Gasteiger partial charge in [0.1, 0.15) is 0 Å². The molecule has 88 valence electrons. The minimum Gasteiger partial charge on any atom is -0.374 e. The Morgan fingerprint density at radius 2 is 2.19 bits per heavy atom. The predicted octanol–water partition coefficient (Wildman–Crippen LogP) is 3.00. The van der Waals surface area contributed by atoms with Crippen molar-refractivity contribution in [2.24, 2.45) is 0 Å². The van der Waals surface area contributed by atoms with Crippen molar-refractivity contribution < 1.29 is 4.74 Å². The van der Waals surface area contributed by atoms with Crippen LogP contribution in [0, 0.1) is 0 Å².